The molecule has 2 aromatic rings. The minimum atomic E-state index is -0.135. The molecule has 1 unspecified atom stereocenters. The van der Waals surface area contributed by atoms with Crippen molar-refractivity contribution in [1.29, 1.82) is 0 Å². The van der Waals surface area contributed by atoms with Gasteiger partial charge in [-0.05, 0) is 45.8 Å². The second kappa shape index (κ2) is 7.15. The van der Waals surface area contributed by atoms with E-state index in [9.17, 15) is 0 Å². The van der Waals surface area contributed by atoms with Crippen LogP contribution in [0.25, 0.3) is 0 Å². The minimum absolute atomic E-state index is 0.135. The van der Waals surface area contributed by atoms with Gasteiger partial charge in [-0.1, -0.05) is 0 Å². The van der Waals surface area contributed by atoms with Gasteiger partial charge in [-0.2, -0.15) is 0 Å². The molecule has 0 saturated heterocycles. The number of ether oxygens (including phenoxy) is 3. The summed E-state index contributed by atoms with van der Waals surface area (Å²) in [6, 6.07) is 7.77. The Labute approximate surface area is 137 Å². The number of hydrogen-bond donors (Lipinski definition) is 1. The summed E-state index contributed by atoms with van der Waals surface area (Å²) in [7, 11) is 4.79. The highest BCUT2D eigenvalue weighted by Gasteiger charge is 2.17. The molecular formula is C15H18BrNO3S. The highest BCUT2D eigenvalue weighted by atomic mass is 79.9. The Morgan fingerprint density at radius 3 is 2.14 bits per heavy atom. The first-order valence-electron chi connectivity index (χ1n) is 6.38. The van der Waals surface area contributed by atoms with E-state index in [4.69, 9.17) is 19.9 Å². The molecule has 0 amide bonds. The van der Waals surface area contributed by atoms with Crippen molar-refractivity contribution in [2.45, 2.75) is 12.5 Å². The van der Waals surface area contributed by atoms with E-state index in [0.29, 0.717) is 17.2 Å². The summed E-state index contributed by atoms with van der Waals surface area (Å²) in [5.41, 5.74) is 7.27. The zero-order valence-corrected chi connectivity index (χ0v) is 14.6. The lowest BCUT2D eigenvalue weighted by atomic mass is 10.0. The number of rotatable bonds is 6. The maximum absolute atomic E-state index is 6.31. The molecule has 21 heavy (non-hydrogen) atoms. The average Bonchev–Trinajstić information content (AvgIpc) is 2.90. The minimum Gasteiger partial charge on any atom is -0.493 e. The van der Waals surface area contributed by atoms with E-state index in [1.165, 1.54) is 4.88 Å². The number of methoxy groups -OCH3 is 3. The van der Waals surface area contributed by atoms with Gasteiger partial charge in [0.25, 0.3) is 0 Å². The van der Waals surface area contributed by atoms with Gasteiger partial charge >= 0.3 is 0 Å². The third-order valence-electron chi connectivity index (χ3n) is 3.17. The van der Waals surface area contributed by atoms with Crippen LogP contribution in [0.15, 0.2) is 28.1 Å². The molecule has 2 N–H and O–H groups in total. The van der Waals surface area contributed by atoms with Gasteiger partial charge in [-0.15, -0.1) is 11.3 Å². The van der Waals surface area contributed by atoms with Crippen molar-refractivity contribution in [3.8, 4) is 17.2 Å². The molecule has 0 bridgehead atoms. The molecule has 0 saturated carbocycles. The fourth-order valence-electron chi connectivity index (χ4n) is 2.11. The van der Waals surface area contributed by atoms with Crippen molar-refractivity contribution in [3.05, 3.63) is 38.5 Å². The Morgan fingerprint density at radius 2 is 1.71 bits per heavy atom. The lowest BCUT2D eigenvalue weighted by Crippen LogP contribution is -2.13. The van der Waals surface area contributed by atoms with E-state index in [0.717, 1.165) is 15.8 Å². The van der Waals surface area contributed by atoms with Crippen LogP contribution in [0.5, 0.6) is 17.2 Å². The number of benzene rings is 1. The summed E-state index contributed by atoms with van der Waals surface area (Å²) in [4.78, 5) is 1.23. The number of nitrogens with two attached hydrogens (primary N) is 1. The van der Waals surface area contributed by atoms with E-state index in [-0.39, 0.29) is 6.04 Å². The molecule has 0 fully saturated rings. The topological polar surface area (TPSA) is 53.7 Å². The normalized spacial score (nSPS) is 12.0. The third kappa shape index (κ3) is 3.70. The Bertz CT molecular complexity index is 590. The quantitative estimate of drug-likeness (QED) is 0.839. The molecule has 4 nitrogen and oxygen atoms in total. The lowest BCUT2D eigenvalue weighted by Gasteiger charge is -2.17. The Morgan fingerprint density at radius 1 is 1.10 bits per heavy atom. The first-order valence-corrected chi connectivity index (χ1v) is 7.99. The van der Waals surface area contributed by atoms with Crippen LogP contribution >= 0.6 is 27.3 Å². The van der Waals surface area contributed by atoms with Gasteiger partial charge in [0.05, 0.1) is 25.1 Å². The standard InChI is InChI=1S/C15H18BrNO3S/c1-18-12-6-9(7-13(19-2)15(12)20-3)11(17)8-10-4-5-14(16)21-10/h4-7,11H,8,17H2,1-3H3. The van der Waals surface area contributed by atoms with Gasteiger partial charge in [0, 0.05) is 17.3 Å². The van der Waals surface area contributed by atoms with Crippen molar-refractivity contribution in [3.63, 3.8) is 0 Å². The molecule has 1 aromatic heterocycles. The molecule has 2 rings (SSSR count). The maximum Gasteiger partial charge on any atom is 0.203 e. The smallest absolute Gasteiger partial charge is 0.203 e. The van der Waals surface area contributed by atoms with Crippen LogP contribution in [0.3, 0.4) is 0 Å². The van der Waals surface area contributed by atoms with Gasteiger partial charge in [0.15, 0.2) is 11.5 Å². The summed E-state index contributed by atoms with van der Waals surface area (Å²) in [5, 5.41) is 0. The van der Waals surface area contributed by atoms with Crippen LogP contribution in [0.1, 0.15) is 16.5 Å². The van der Waals surface area contributed by atoms with Gasteiger partial charge in [0.2, 0.25) is 5.75 Å². The van der Waals surface area contributed by atoms with Gasteiger partial charge in [-0.3, -0.25) is 0 Å². The van der Waals surface area contributed by atoms with E-state index in [2.05, 4.69) is 22.0 Å². The van der Waals surface area contributed by atoms with Crippen molar-refractivity contribution < 1.29 is 14.2 Å². The average molecular weight is 372 g/mol. The summed E-state index contributed by atoms with van der Waals surface area (Å²) < 4.78 is 17.1. The van der Waals surface area contributed by atoms with Crippen molar-refractivity contribution in [1.82, 2.24) is 0 Å². The van der Waals surface area contributed by atoms with Crippen molar-refractivity contribution in [2.75, 3.05) is 21.3 Å². The van der Waals surface area contributed by atoms with E-state index in [1.54, 1.807) is 32.7 Å². The predicted molar refractivity (Wildman–Crippen MR) is 88.7 cm³/mol. The molecule has 0 aliphatic carbocycles. The molecule has 1 atom stereocenters. The fourth-order valence-corrected chi connectivity index (χ4v) is 3.65. The van der Waals surface area contributed by atoms with Crippen molar-refractivity contribution >= 4 is 27.3 Å². The second-order valence-corrected chi connectivity index (χ2v) is 7.02. The first-order chi connectivity index (χ1) is 10.1. The zero-order valence-electron chi connectivity index (χ0n) is 12.2. The number of thiophene rings is 1. The van der Waals surface area contributed by atoms with Crippen LogP contribution < -0.4 is 19.9 Å². The monoisotopic (exact) mass is 371 g/mol. The first kappa shape index (κ1) is 16.1. The van der Waals surface area contributed by atoms with E-state index in [1.807, 2.05) is 18.2 Å². The SMILES string of the molecule is COc1cc(C(N)Cc2ccc(Br)s2)cc(OC)c1OC. The van der Waals surface area contributed by atoms with Gasteiger partial charge in [-0.25, -0.2) is 0 Å². The zero-order chi connectivity index (χ0) is 15.4. The second-order valence-electron chi connectivity index (χ2n) is 4.48. The Hall–Kier alpha value is -1.24. The summed E-state index contributed by atoms with van der Waals surface area (Å²) in [6.07, 6.45) is 0.759. The number of hydrogen-bond acceptors (Lipinski definition) is 5. The number of halogens is 1. The summed E-state index contributed by atoms with van der Waals surface area (Å²) in [6.45, 7) is 0. The summed E-state index contributed by atoms with van der Waals surface area (Å²) in [5.74, 6) is 1.82. The molecule has 0 aliphatic rings. The van der Waals surface area contributed by atoms with E-state index >= 15 is 0 Å². The molecule has 1 aromatic carbocycles. The van der Waals surface area contributed by atoms with Crippen molar-refractivity contribution in [2.24, 2.45) is 5.73 Å². The lowest BCUT2D eigenvalue weighted by molar-refractivity contribution is 0.323. The van der Waals surface area contributed by atoms with Crippen LogP contribution in [0.4, 0.5) is 0 Å². The van der Waals surface area contributed by atoms with Gasteiger partial charge < -0.3 is 19.9 Å². The molecule has 0 radical (unpaired) electrons. The molecular weight excluding hydrogens is 354 g/mol. The highest BCUT2D eigenvalue weighted by molar-refractivity contribution is 9.11. The third-order valence-corrected chi connectivity index (χ3v) is 4.81. The highest BCUT2D eigenvalue weighted by Crippen LogP contribution is 2.40. The van der Waals surface area contributed by atoms with Crippen LogP contribution in [0.2, 0.25) is 0 Å². The fraction of sp³-hybridized carbons (Fsp3) is 0.333. The van der Waals surface area contributed by atoms with Crippen LogP contribution in [-0.2, 0) is 6.42 Å². The van der Waals surface area contributed by atoms with Crippen LogP contribution in [0, 0.1) is 0 Å². The largest absolute Gasteiger partial charge is 0.493 e. The van der Waals surface area contributed by atoms with E-state index < -0.39 is 0 Å². The van der Waals surface area contributed by atoms with Crippen LogP contribution in [-0.4, -0.2) is 21.3 Å². The Balaban J connectivity index is 2.30. The Kier molecular flexibility index (Phi) is 5.50. The summed E-state index contributed by atoms with van der Waals surface area (Å²) >= 11 is 5.15. The molecule has 1 heterocycles. The molecule has 6 heteroatoms. The molecule has 0 aliphatic heterocycles. The molecule has 0 spiro atoms. The predicted octanol–water partition coefficient (Wildman–Crippen LogP) is 3.78. The van der Waals surface area contributed by atoms with Gasteiger partial charge in [0.1, 0.15) is 0 Å². The maximum atomic E-state index is 6.31. The molecule has 114 valence electrons.